The fourth-order valence-corrected chi connectivity index (χ4v) is 2.25. The summed E-state index contributed by atoms with van der Waals surface area (Å²) in [6.45, 7) is 6.92. The summed E-state index contributed by atoms with van der Waals surface area (Å²) in [6, 6.07) is 0. The molecule has 3 heteroatoms. The van der Waals surface area contributed by atoms with Crippen molar-refractivity contribution in [3.05, 3.63) is 0 Å². The Hall–Kier alpha value is 1.46. The van der Waals surface area contributed by atoms with Crippen LogP contribution in [0.25, 0.3) is 0 Å². The summed E-state index contributed by atoms with van der Waals surface area (Å²) in [5.41, 5.74) is 0. The van der Waals surface area contributed by atoms with Crippen LogP contribution in [0.3, 0.4) is 0 Å². The van der Waals surface area contributed by atoms with E-state index in [4.69, 9.17) is 0 Å². The third kappa shape index (κ3) is 9.46. The molecule has 0 fully saturated rings. The van der Waals surface area contributed by atoms with Gasteiger partial charge < -0.3 is 0 Å². The van der Waals surface area contributed by atoms with Crippen molar-refractivity contribution in [2.75, 3.05) is 18.5 Å². The zero-order valence-electron chi connectivity index (χ0n) is 6.30. The van der Waals surface area contributed by atoms with Gasteiger partial charge in [0.1, 0.15) is 0 Å². The van der Waals surface area contributed by atoms with Crippen LogP contribution in [0, 0.1) is 0 Å². The van der Waals surface area contributed by atoms with Crippen molar-refractivity contribution in [1.29, 1.82) is 0 Å². The van der Waals surface area contributed by atoms with Crippen molar-refractivity contribution in [1.82, 2.24) is 0 Å². The fraction of sp³-hybridized carbons (Fsp3) is 1.00. The first kappa shape index (κ1) is 13.1. The summed E-state index contributed by atoms with van der Waals surface area (Å²) in [7, 11) is 4.72. The monoisotopic (exact) mass is 351 g/mol. The molecule has 0 saturated heterocycles. The Morgan fingerprint density at radius 1 is 1.00 bits per heavy atom. The zero-order valence-corrected chi connectivity index (χ0v) is 10.2. The summed E-state index contributed by atoms with van der Waals surface area (Å²) < 4.78 is 0. The molecule has 0 bridgehead atoms. The van der Waals surface area contributed by atoms with E-state index in [1.54, 1.807) is 20.0 Å². The van der Waals surface area contributed by atoms with Gasteiger partial charge in [-0.15, -0.1) is 0 Å². The normalized spacial score (nSPS) is 8.78. The molecule has 9 heavy (non-hydrogen) atoms. The number of hydrogen-bond donors (Lipinski definition) is 0. The molecule has 0 aromatic rings. The average molecular weight is 352 g/mol. The van der Waals surface area contributed by atoms with Gasteiger partial charge in [-0.3, -0.25) is 0 Å². The first-order valence-electron chi connectivity index (χ1n) is 3.30. The van der Waals surface area contributed by atoms with Crippen LogP contribution in [0.4, 0.5) is 0 Å². The first-order chi connectivity index (χ1) is 4.35. The van der Waals surface area contributed by atoms with E-state index >= 15 is 0 Å². The standard InChI is InChI=1S/C6H15P.Au.ClH/c1-4-7(5-2)6-3;;/h4-6H2,1-3H3;;1H/q;+1;. The van der Waals surface area contributed by atoms with E-state index < -0.39 is 0 Å². The van der Waals surface area contributed by atoms with Gasteiger partial charge in [0.25, 0.3) is 0 Å². The molecule has 0 aliphatic heterocycles. The molecule has 0 N–H and O–H groups in total. The van der Waals surface area contributed by atoms with Crippen molar-refractivity contribution in [3.8, 4) is 0 Å². The van der Waals surface area contributed by atoms with Crippen LogP contribution in [-0.2, 0) is 20.0 Å². The van der Waals surface area contributed by atoms with Crippen LogP contribution >= 0.6 is 17.1 Å². The Morgan fingerprint density at radius 3 is 1.22 bits per heavy atom. The Balaban J connectivity index is 0. The van der Waals surface area contributed by atoms with Crippen LogP contribution in [0.5, 0.6) is 0 Å². The molecule has 0 rings (SSSR count). The molecule has 0 aromatic heterocycles. The van der Waals surface area contributed by atoms with Gasteiger partial charge in [0.15, 0.2) is 0 Å². The van der Waals surface area contributed by atoms with E-state index in [-0.39, 0.29) is 7.92 Å². The summed E-state index contributed by atoms with van der Waals surface area (Å²) in [4.78, 5) is 0. The van der Waals surface area contributed by atoms with E-state index in [0.717, 1.165) is 0 Å². The Kier molecular flexibility index (Phi) is 17.7. The van der Waals surface area contributed by atoms with E-state index in [1.807, 2.05) is 0 Å². The molecule has 0 unspecified atom stereocenters. The molecular formula is C6H16AuClP+. The summed E-state index contributed by atoms with van der Waals surface area (Å²) in [5, 5.41) is 0. The first-order valence-corrected chi connectivity index (χ1v) is 8.10. The van der Waals surface area contributed by atoms with Crippen molar-refractivity contribution < 1.29 is 20.0 Å². The SMILES string of the molecule is CC[PH+](CC)CC.[Cl][Au]. The second kappa shape index (κ2) is 12.2. The molecule has 0 aromatic carbocycles. The van der Waals surface area contributed by atoms with E-state index in [1.165, 1.54) is 18.5 Å². The molecule has 0 atom stereocenters. The van der Waals surface area contributed by atoms with Gasteiger partial charge in [-0.25, -0.2) is 0 Å². The van der Waals surface area contributed by atoms with Gasteiger partial charge >= 0.3 is 29.2 Å². The van der Waals surface area contributed by atoms with Crippen molar-refractivity contribution >= 4 is 17.1 Å². The number of hydrogen-bond acceptors (Lipinski definition) is 0. The Bertz CT molecular complexity index is 34.5. The third-order valence-electron chi connectivity index (χ3n) is 1.50. The van der Waals surface area contributed by atoms with Gasteiger partial charge in [-0.2, -0.15) is 0 Å². The van der Waals surface area contributed by atoms with Crippen LogP contribution in [-0.4, -0.2) is 18.5 Å². The summed E-state index contributed by atoms with van der Waals surface area (Å²) >= 11 is 1.75. The van der Waals surface area contributed by atoms with Gasteiger partial charge in [-0.1, -0.05) is 0 Å². The average Bonchev–Trinajstić information content (AvgIpc) is 1.96. The zero-order chi connectivity index (χ0) is 7.70. The molecule has 0 aliphatic carbocycles. The quantitative estimate of drug-likeness (QED) is 0.542. The Labute approximate surface area is 76.2 Å². The third-order valence-corrected chi connectivity index (χ3v) is 4.50. The van der Waals surface area contributed by atoms with E-state index in [0.29, 0.717) is 0 Å². The molecule has 62 valence electrons. The minimum absolute atomic E-state index is 0.137. The Morgan fingerprint density at radius 2 is 1.22 bits per heavy atom. The topological polar surface area (TPSA) is 0 Å². The second-order valence-electron chi connectivity index (χ2n) is 1.81. The molecule has 0 heterocycles. The molecule has 0 nitrogen and oxygen atoms in total. The predicted molar refractivity (Wildman–Crippen MR) is 45.8 cm³/mol. The van der Waals surface area contributed by atoms with Crippen LogP contribution in [0.2, 0.25) is 0 Å². The maximum absolute atomic E-state index is 4.58. The molecule has 0 spiro atoms. The van der Waals surface area contributed by atoms with Gasteiger partial charge in [0, 0.05) is 0 Å². The van der Waals surface area contributed by atoms with Gasteiger partial charge in [0.05, 0.1) is 18.5 Å². The van der Waals surface area contributed by atoms with E-state index in [9.17, 15) is 0 Å². The second-order valence-corrected chi connectivity index (χ2v) is 5.43. The number of halogens is 1. The molecule has 0 radical (unpaired) electrons. The van der Waals surface area contributed by atoms with Crippen molar-refractivity contribution in [2.24, 2.45) is 0 Å². The summed E-state index contributed by atoms with van der Waals surface area (Å²) in [5.74, 6) is 0. The van der Waals surface area contributed by atoms with E-state index in [2.05, 4.69) is 30.0 Å². The fourth-order valence-electron chi connectivity index (χ4n) is 0.750. The molecule has 0 saturated carbocycles. The molecule has 0 aliphatic rings. The van der Waals surface area contributed by atoms with Crippen LogP contribution < -0.4 is 0 Å². The minimum atomic E-state index is 0.137. The number of rotatable bonds is 3. The van der Waals surface area contributed by atoms with Crippen molar-refractivity contribution in [2.45, 2.75) is 20.8 Å². The predicted octanol–water partition coefficient (Wildman–Crippen LogP) is 2.95. The van der Waals surface area contributed by atoms with Crippen LogP contribution in [0.1, 0.15) is 20.8 Å². The van der Waals surface area contributed by atoms with Gasteiger partial charge in [-0.05, 0) is 28.7 Å². The summed E-state index contributed by atoms with van der Waals surface area (Å²) in [6.07, 6.45) is 4.37. The maximum atomic E-state index is 4.58. The van der Waals surface area contributed by atoms with Crippen LogP contribution in [0.15, 0.2) is 0 Å². The van der Waals surface area contributed by atoms with Gasteiger partial charge in [0.2, 0.25) is 0 Å². The van der Waals surface area contributed by atoms with Crippen molar-refractivity contribution in [3.63, 3.8) is 0 Å². The molecule has 0 amide bonds. The molecular weight excluding hydrogens is 335 g/mol.